The molecule has 0 aromatic rings. The van der Waals surface area contributed by atoms with Gasteiger partial charge in [-0.15, -0.1) is 0 Å². The molecule has 72 valence electrons. The second-order valence-corrected chi connectivity index (χ2v) is 4.01. The largest absolute Gasteiger partial charge is 0.392 e. The van der Waals surface area contributed by atoms with Crippen molar-refractivity contribution in [1.29, 1.82) is 0 Å². The number of nitrogens with one attached hydrogen (secondary N) is 1. The van der Waals surface area contributed by atoms with E-state index in [1.807, 2.05) is 6.92 Å². The highest BCUT2D eigenvalue weighted by atomic mass is 16.3. The molecule has 1 aliphatic carbocycles. The molecule has 1 saturated carbocycles. The Balaban J connectivity index is 1.98. The molecule has 2 N–H and O–H groups in total. The summed E-state index contributed by atoms with van der Waals surface area (Å²) < 4.78 is 0. The van der Waals surface area contributed by atoms with Gasteiger partial charge >= 0.3 is 0 Å². The maximum absolute atomic E-state index is 9.02. The molecule has 0 bridgehead atoms. The van der Waals surface area contributed by atoms with Crippen molar-refractivity contribution < 1.29 is 5.11 Å². The van der Waals surface area contributed by atoms with Gasteiger partial charge < -0.3 is 10.4 Å². The summed E-state index contributed by atoms with van der Waals surface area (Å²) >= 11 is 0. The molecule has 0 aromatic carbocycles. The van der Waals surface area contributed by atoms with Crippen LogP contribution >= 0.6 is 0 Å². The van der Waals surface area contributed by atoms with Gasteiger partial charge in [0.15, 0.2) is 0 Å². The van der Waals surface area contributed by atoms with Gasteiger partial charge in [-0.1, -0.05) is 19.3 Å². The summed E-state index contributed by atoms with van der Waals surface area (Å²) in [5, 5.41) is 12.3. The fourth-order valence-electron chi connectivity index (χ4n) is 1.89. The second-order valence-electron chi connectivity index (χ2n) is 4.01. The molecule has 2 nitrogen and oxygen atoms in total. The van der Waals surface area contributed by atoms with Crippen molar-refractivity contribution in [3.8, 4) is 0 Å². The third kappa shape index (κ3) is 4.07. The van der Waals surface area contributed by atoms with Crippen molar-refractivity contribution in [1.82, 2.24) is 5.32 Å². The van der Waals surface area contributed by atoms with Crippen LogP contribution in [0.2, 0.25) is 0 Å². The minimum absolute atomic E-state index is 0.200. The average molecular weight is 171 g/mol. The van der Waals surface area contributed by atoms with Gasteiger partial charge in [-0.3, -0.25) is 0 Å². The molecule has 12 heavy (non-hydrogen) atoms. The third-order valence-electron chi connectivity index (χ3n) is 2.60. The predicted molar refractivity (Wildman–Crippen MR) is 51.1 cm³/mol. The van der Waals surface area contributed by atoms with Crippen LogP contribution in [0.3, 0.4) is 0 Å². The molecule has 0 unspecified atom stereocenters. The first kappa shape index (κ1) is 10.0. The molecule has 1 fully saturated rings. The van der Waals surface area contributed by atoms with Gasteiger partial charge in [-0.2, -0.15) is 0 Å². The highest BCUT2D eigenvalue weighted by Gasteiger charge is 2.12. The number of aliphatic hydroxyl groups excluding tert-OH is 1. The molecule has 0 aromatic heterocycles. The van der Waals surface area contributed by atoms with Crippen LogP contribution in [0.15, 0.2) is 0 Å². The lowest BCUT2D eigenvalue weighted by molar-refractivity contribution is 0.187. The van der Waals surface area contributed by atoms with Crippen molar-refractivity contribution in [2.75, 3.05) is 13.1 Å². The highest BCUT2D eigenvalue weighted by molar-refractivity contribution is 4.68. The number of rotatable bonds is 4. The summed E-state index contributed by atoms with van der Waals surface area (Å²) in [6.07, 6.45) is 6.79. The van der Waals surface area contributed by atoms with Gasteiger partial charge in [-0.25, -0.2) is 0 Å². The summed E-state index contributed by atoms with van der Waals surface area (Å²) in [7, 11) is 0. The monoisotopic (exact) mass is 171 g/mol. The predicted octanol–water partition coefficient (Wildman–Crippen LogP) is 1.54. The van der Waals surface area contributed by atoms with Gasteiger partial charge in [0.05, 0.1) is 6.10 Å². The van der Waals surface area contributed by atoms with E-state index in [1.54, 1.807) is 0 Å². The smallest absolute Gasteiger partial charge is 0.0636 e. The molecular formula is C10H21NO. The van der Waals surface area contributed by atoms with E-state index in [9.17, 15) is 0 Å². The van der Waals surface area contributed by atoms with Crippen molar-refractivity contribution >= 4 is 0 Å². The Morgan fingerprint density at radius 2 is 2.00 bits per heavy atom. The van der Waals surface area contributed by atoms with Crippen molar-refractivity contribution in [2.24, 2.45) is 5.92 Å². The minimum atomic E-state index is -0.200. The zero-order chi connectivity index (χ0) is 8.81. The van der Waals surface area contributed by atoms with E-state index in [0.29, 0.717) is 0 Å². The molecule has 0 aliphatic heterocycles. The van der Waals surface area contributed by atoms with E-state index in [0.717, 1.165) is 19.0 Å². The molecule has 1 rings (SSSR count). The molecule has 0 spiro atoms. The van der Waals surface area contributed by atoms with Crippen LogP contribution in [-0.4, -0.2) is 24.3 Å². The lowest BCUT2D eigenvalue weighted by Crippen LogP contribution is -2.30. The lowest BCUT2D eigenvalue weighted by Gasteiger charge is -2.22. The van der Waals surface area contributed by atoms with Gasteiger partial charge in [0.1, 0.15) is 0 Å². The fraction of sp³-hybridized carbons (Fsp3) is 1.00. The van der Waals surface area contributed by atoms with E-state index in [-0.39, 0.29) is 6.10 Å². The maximum atomic E-state index is 9.02. The normalized spacial score (nSPS) is 22.5. The van der Waals surface area contributed by atoms with Crippen LogP contribution in [0.1, 0.15) is 39.0 Å². The van der Waals surface area contributed by atoms with Gasteiger partial charge in [0.25, 0.3) is 0 Å². The molecule has 0 saturated heterocycles. The van der Waals surface area contributed by atoms with Gasteiger partial charge in [-0.05, 0) is 32.2 Å². The average Bonchev–Trinajstić information content (AvgIpc) is 2.05. The van der Waals surface area contributed by atoms with Crippen molar-refractivity contribution in [2.45, 2.75) is 45.1 Å². The van der Waals surface area contributed by atoms with E-state index in [1.165, 1.54) is 32.1 Å². The molecule has 2 heteroatoms. The Labute approximate surface area is 75.4 Å². The standard InChI is InChI=1S/C10H21NO/c1-9(12)7-11-8-10-5-3-2-4-6-10/h9-12H,2-8H2,1H3/t9-/m1/s1. The summed E-state index contributed by atoms with van der Waals surface area (Å²) in [5.74, 6) is 0.873. The van der Waals surface area contributed by atoms with Gasteiger partial charge in [0.2, 0.25) is 0 Å². The molecule has 0 amide bonds. The minimum Gasteiger partial charge on any atom is -0.392 e. The first-order valence-corrected chi connectivity index (χ1v) is 5.18. The van der Waals surface area contributed by atoms with Crippen molar-refractivity contribution in [3.63, 3.8) is 0 Å². The van der Waals surface area contributed by atoms with E-state index >= 15 is 0 Å². The highest BCUT2D eigenvalue weighted by Crippen LogP contribution is 2.22. The van der Waals surface area contributed by atoms with E-state index in [4.69, 9.17) is 5.11 Å². The zero-order valence-electron chi connectivity index (χ0n) is 8.05. The van der Waals surface area contributed by atoms with E-state index in [2.05, 4.69) is 5.32 Å². The first-order valence-electron chi connectivity index (χ1n) is 5.18. The van der Waals surface area contributed by atoms with E-state index < -0.39 is 0 Å². The van der Waals surface area contributed by atoms with Crippen LogP contribution < -0.4 is 5.32 Å². The number of aliphatic hydroxyl groups is 1. The third-order valence-corrected chi connectivity index (χ3v) is 2.60. The van der Waals surface area contributed by atoms with Crippen LogP contribution in [0, 0.1) is 5.92 Å². The lowest BCUT2D eigenvalue weighted by atomic mass is 9.89. The summed E-state index contributed by atoms with van der Waals surface area (Å²) in [6.45, 7) is 3.68. The molecule has 1 atom stereocenters. The molecule has 0 heterocycles. The first-order chi connectivity index (χ1) is 5.79. The fourth-order valence-corrected chi connectivity index (χ4v) is 1.89. The molecule has 0 radical (unpaired) electrons. The molecule has 1 aliphatic rings. The van der Waals surface area contributed by atoms with Gasteiger partial charge in [0, 0.05) is 6.54 Å². The molecular weight excluding hydrogens is 150 g/mol. The van der Waals surface area contributed by atoms with Crippen LogP contribution in [0.4, 0.5) is 0 Å². The Kier molecular flexibility index (Phi) is 4.62. The number of hydrogen-bond acceptors (Lipinski definition) is 2. The van der Waals surface area contributed by atoms with Crippen LogP contribution in [-0.2, 0) is 0 Å². The SMILES string of the molecule is C[C@@H](O)CNCC1CCCCC1. The van der Waals surface area contributed by atoms with Crippen molar-refractivity contribution in [3.05, 3.63) is 0 Å². The van der Waals surface area contributed by atoms with Crippen LogP contribution in [0.5, 0.6) is 0 Å². The summed E-state index contributed by atoms with van der Waals surface area (Å²) in [5.41, 5.74) is 0. The quantitative estimate of drug-likeness (QED) is 0.672. The maximum Gasteiger partial charge on any atom is 0.0636 e. The summed E-state index contributed by atoms with van der Waals surface area (Å²) in [4.78, 5) is 0. The number of hydrogen-bond donors (Lipinski definition) is 2. The Bertz CT molecular complexity index is 108. The zero-order valence-corrected chi connectivity index (χ0v) is 8.05. The Morgan fingerprint density at radius 1 is 1.33 bits per heavy atom. The topological polar surface area (TPSA) is 32.3 Å². The van der Waals surface area contributed by atoms with Crippen LogP contribution in [0.25, 0.3) is 0 Å². The Morgan fingerprint density at radius 3 is 2.58 bits per heavy atom. The Hall–Kier alpha value is -0.0800. The summed E-state index contributed by atoms with van der Waals surface area (Å²) in [6, 6.07) is 0. The second kappa shape index (κ2) is 5.55.